The second-order valence-electron chi connectivity index (χ2n) is 16.7. The summed E-state index contributed by atoms with van der Waals surface area (Å²) in [6.07, 6.45) is 56.0. The summed E-state index contributed by atoms with van der Waals surface area (Å²) < 4.78 is 33.6. The Morgan fingerprint density at radius 3 is 1.34 bits per heavy atom. The van der Waals surface area contributed by atoms with Gasteiger partial charge >= 0.3 is 13.8 Å². The predicted molar refractivity (Wildman–Crippen MR) is 252 cm³/mol. The highest BCUT2D eigenvalue weighted by Crippen LogP contribution is 2.43. The minimum Gasteiger partial charge on any atom is -0.457 e. The molecule has 0 saturated heterocycles. The number of nitrogens with two attached hydrogens (primary N) is 1. The van der Waals surface area contributed by atoms with Crippen LogP contribution in [0.1, 0.15) is 239 Å². The number of esters is 1. The number of phosphoric acid groups is 1. The van der Waals surface area contributed by atoms with Crippen LogP contribution in [0.25, 0.3) is 0 Å². The van der Waals surface area contributed by atoms with Crippen molar-refractivity contribution in [3.05, 3.63) is 36.5 Å². The van der Waals surface area contributed by atoms with E-state index in [1.807, 2.05) is 0 Å². The van der Waals surface area contributed by atoms with Gasteiger partial charge in [0.2, 0.25) is 0 Å². The normalized spacial score (nSPS) is 13.6. The molecule has 0 saturated carbocycles. The van der Waals surface area contributed by atoms with Gasteiger partial charge in [0, 0.05) is 19.6 Å². The van der Waals surface area contributed by atoms with Crippen molar-refractivity contribution in [3.63, 3.8) is 0 Å². The second kappa shape index (κ2) is 47.8. The molecule has 0 aromatic carbocycles. The molecule has 0 radical (unpaired) electrons. The highest BCUT2D eigenvalue weighted by Gasteiger charge is 2.25. The quantitative estimate of drug-likeness (QED) is 0.0269. The zero-order chi connectivity index (χ0) is 43.0. The van der Waals surface area contributed by atoms with Gasteiger partial charge < -0.3 is 20.1 Å². The molecule has 2 unspecified atom stereocenters. The van der Waals surface area contributed by atoms with Crippen molar-refractivity contribution < 1.29 is 32.8 Å². The maximum Gasteiger partial charge on any atom is 0.472 e. The Kier molecular flexibility index (Phi) is 46.7. The van der Waals surface area contributed by atoms with Gasteiger partial charge in [0.1, 0.15) is 6.10 Å². The molecule has 0 aliphatic heterocycles. The molecule has 348 valence electrons. The van der Waals surface area contributed by atoms with Crippen molar-refractivity contribution in [3.8, 4) is 0 Å². The van der Waals surface area contributed by atoms with Crippen LogP contribution in [-0.4, -0.2) is 49.9 Å². The molecule has 0 aromatic heterocycles. The van der Waals surface area contributed by atoms with E-state index in [1.54, 1.807) is 0 Å². The van der Waals surface area contributed by atoms with Gasteiger partial charge in [-0.05, 0) is 51.4 Å². The number of unbranched alkanes of at least 4 members (excludes halogenated alkanes) is 29. The first-order chi connectivity index (χ1) is 28.9. The number of phosphoric ester groups is 1. The molecular weight excluding hydrogens is 758 g/mol. The van der Waals surface area contributed by atoms with Crippen LogP contribution in [0.15, 0.2) is 36.5 Å². The lowest BCUT2D eigenvalue weighted by molar-refractivity contribution is -0.154. The number of ether oxygens (including phenoxy) is 2. The minimum absolute atomic E-state index is 0.0964. The van der Waals surface area contributed by atoms with Crippen molar-refractivity contribution >= 4 is 13.8 Å². The van der Waals surface area contributed by atoms with Crippen LogP contribution in [-0.2, 0) is 27.9 Å². The van der Waals surface area contributed by atoms with Gasteiger partial charge in [0.15, 0.2) is 0 Å². The monoisotopic (exact) mass is 854 g/mol. The van der Waals surface area contributed by atoms with Gasteiger partial charge in [-0.25, -0.2) is 4.57 Å². The Balaban J connectivity index is 3.97. The zero-order valence-corrected chi connectivity index (χ0v) is 39.6. The van der Waals surface area contributed by atoms with Crippen molar-refractivity contribution in [1.82, 2.24) is 0 Å². The van der Waals surface area contributed by atoms with Crippen LogP contribution >= 0.6 is 7.82 Å². The predicted octanol–water partition coefficient (Wildman–Crippen LogP) is 15.4. The summed E-state index contributed by atoms with van der Waals surface area (Å²) in [4.78, 5) is 22.6. The first-order valence-electron chi connectivity index (χ1n) is 25.0. The average molecular weight is 854 g/mol. The molecular formula is C50H96NO7P. The maximum atomic E-state index is 12.6. The SMILES string of the molecule is CCCCCCC/C=C\C/C=C\C/C=C\CCCCCCCCCOCC(COP(=O)(O)OCCN)OC(=O)CCCCCCCCCCCCCCCCCCCC. The molecule has 0 bridgehead atoms. The molecule has 0 rings (SSSR count). The Hall–Kier alpha value is -1.28. The summed E-state index contributed by atoms with van der Waals surface area (Å²) in [5.74, 6) is -0.330. The van der Waals surface area contributed by atoms with E-state index in [9.17, 15) is 14.3 Å². The molecule has 3 N–H and O–H groups in total. The molecule has 8 nitrogen and oxygen atoms in total. The fraction of sp³-hybridized carbons (Fsp3) is 0.860. The average Bonchev–Trinajstić information content (AvgIpc) is 3.23. The van der Waals surface area contributed by atoms with Crippen molar-refractivity contribution in [2.45, 2.75) is 245 Å². The Bertz CT molecular complexity index is 1000. The van der Waals surface area contributed by atoms with E-state index in [0.29, 0.717) is 13.0 Å². The van der Waals surface area contributed by atoms with Gasteiger partial charge in [-0.15, -0.1) is 0 Å². The lowest BCUT2D eigenvalue weighted by atomic mass is 10.0. The standard InChI is InChI=1S/C50H96NO7P/c1-3-5-7-9-11-13-15-17-19-21-23-24-25-26-28-30-32-34-36-38-40-42-45-55-47-49(48-57-59(53,54)56-46-44-51)58-50(52)43-41-39-37-35-33-31-29-27-22-20-18-16-14-12-10-8-6-4-2/h15,17,21,23,25-26,49H,3-14,16,18-20,22,24,27-48,51H2,1-2H3,(H,53,54)/b17-15-,23-21-,26-25-. The summed E-state index contributed by atoms with van der Waals surface area (Å²) >= 11 is 0. The molecule has 0 aliphatic carbocycles. The van der Waals surface area contributed by atoms with Gasteiger partial charge in [-0.3, -0.25) is 13.8 Å². The summed E-state index contributed by atoms with van der Waals surface area (Å²) in [6.45, 7) is 4.93. The second-order valence-corrected chi connectivity index (χ2v) is 18.1. The molecule has 0 spiro atoms. The fourth-order valence-corrected chi connectivity index (χ4v) is 7.89. The molecule has 9 heteroatoms. The van der Waals surface area contributed by atoms with E-state index in [1.165, 1.54) is 167 Å². The third-order valence-corrected chi connectivity index (χ3v) is 11.8. The van der Waals surface area contributed by atoms with E-state index >= 15 is 0 Å². The number of allylic oxidation sites excluding steroid dienone is 6. The highest BCUT2D eigenvalue weighted by atomic mass is 31.2. The van der Waals surface area contributed by atoms with E-state index in [2.05, 4.69) is 50.3 Å². The van der Waals surface area contributed by atoms with Crippen molar-refractivity contribution in [2.75, 3.05) is 33.0 Å². The van der Waals surface area contributed by atoms with Crippen LogP contribution in [0.4, 0.5) is 0 Å². The van der Waals surface area contributed by atoms with Crippen molar-refractivity contribution in [1.29, 1.82) is 0 Å². The third-order valence-electron chi connectivity index (χ3n) is 10.8. The van der Waals surface area contributed by atoms with E-state index < -0.39 is 13.9 Å². The van der Waals surface area contributed by atoms with Gasteiger partial charge in [-0.2, -0.15) is 0 Å². The fourth-order valence-electron chi connectivity index (χ4n) is 7.12. The summed E-state index contributed by atoms with van der Waals surface area (Å²) in [5, 5.41) is 0. The first-order valence-corrected chi connectivity index (χ1v) is 26.5. The van der Waals surface area contributed by atoms with Gasteiger partial charge in [0.25, 0.3) is 0 Å². The number of rotatable bonds is 48. The van der Waals surface area contributed by atoms with Crippen LogP contribution < -0.4 is 5.73 Å². The van der Waals surface area contributed by atoms with Crippen LogP contribution in [0.5, 0.6) is 0 Å². The first kappa shape index (κ1) is 57.7. The lowest BCUT2D eigenvalue weighted by Gasteiger charge is -2.20. The largest absolute Gasteiger partial charge is 0.472 e. The zero-order valence-electron chi connectivity index (χ0n) is 38.7. The summed E-state index contributed by atoms with van der Waals surface area (Å²) in [7, 11) is -4.28. The lowest BCUT2D eigenvalue weighted by Crippen LogP contribution is -2.28. The number of hydrogen-bond donors (Lipinski definition) is 2. The van der Waals surface area contributed by atoms with E-state index in [-0.39, 0.29) is 32.3 Å². The summed E-state index contributed by atoms with van der Waals surface area (Å²) in [5.41, 5.74) is 5.38. The highest BCUT2D eigenvalue weighted by molar-refractivity contribution is 7.47. The number of hydrogen-bond acceptors (Lipinski definition) is 7. The van der Waals surface area contributed by atoms with Crippen LogP contribution in [0.2, 0.25) is 0 Å². The topological polar surface area (TPSA) is 117 Å². The molecule has 59 heavy (non-hydrogen) atoms. The molecule has 0 aliphatic rings. The minimum atomic E-state index is -4.28. The van der Waals surface area contributed by atoms with Gasteiger partial charge in [0.05, 0.1) is 19.8 Å². The number of carbonyl (C=O) groups excluding carboxylic acids is 1. The van der Waals surface area contributed by atoms with Crippen LogP contribution in [0.3, 0.4) is 0 Å². The molecule has 2 atom stereocenters. The Morgan fingerprint density at radius 1 is 0.508 bits per heavy atom. The number of carbonyl (C=O) groups is 1. The van der Waals surface area contributed by atoms with E-state index in [0.717, 1.165) is 51.4 Å². The van der Waals surface area contributed by atoms with Crippen molar-refractivity contribution in [2.24, 2.45) is 5.73 Å². The summed E-state index contributed by atoms with van der Waals surface area (Å²) in [6, 6.07) is 0. The maximum absolute atomic E-state index is 12.6. The molecule has 0 fully saturated rings. The Morgan fingerprint density at radius 2 is 0.898 bits per heavy atom. The smallest absolute Gasteiger partial charge is 0.457 e. The molecule has 0 amide bonds. The van der Waals surface area contributed by atoms with E-state index in [4.69, 9.17) is 24.3 Å². The third kappa shape index (κ3) is 47.6. The molecule has 0 heterocycles. The van der Waals surface area contributed by atoms with Crippen LogP contribution in [0, 0.1) is 0 Å². The van der Waals surface area contributed by atoms with Gasteiger partial charge in [-0.1, -0.05) is 217 Å². The Labute approximate surface area is 365 Å². The molecule has 0 aromatic rings.